The maximum atomic E-state index is 13.9. The van der Waals surface area contributed by atoms with Crippen LogP contribution >= 0.6 is 0 Å². The van der Waals surface area contributed by atoms with Crippen LogP contribution < -0.4 is 29.2 Å². The van der Waals surface area contributed by atoms with Crippen molar-refractivity contribution in [2.75, 3.05) is 0 Å². The van der Waals surface area contributed by atoms with Crippen molar-refractivity contribution in [2.45, 2.75) is 35.9 Å². The first-order valence-corrected chi connectivity index (χ1v) is 10.6. The molecule has 2 aromatic rings. The number of fused-ring (bicyclic) bond motifs is 4. The van der Waals surface area contributed by atoms with Crippen molar-refractivity contribution in [3.63, 3.8) is 0 Å². The van der Waals surface area contributed by atoms with Gasteiger partial charge in [-0.15, -0.1) is 0 Å². The van der Waals surface area contributed by atoms with Crippen molar-refractivity contribution in [3.05, 3.63) is 59.7 Å². The second-order valence-corrected chi connectivity index (χ2v) is 9.98. The van der Waals surface area contributed by atoms with E-state index in [2.05, 4.69) is 8.85 Å². The van der Waals surface area contributed by atoms with Crippen LogP contribution in [0.15, 0.2) is 48.5 Å². The molecule has 0 atom stereocenters. The molecule has 0 unspecified atom stereocenters. The second-order valence-electron chi connectivity index (χ2n) is 7.27. The van der Waals surface area contributed by atoms with Gasteiger partial charge in [-0.1, -0.05) is 48.5 Å². The van der Waals surface area contributed by atoms with Gasteiger partial charge in [-0.05, 0) is 0 Å². The molecule has 2 aliphatic heterocycles. The summed E-state index contributed by atoms with van der Waals surface area (Å²) in [4.78, 5) is 0. The van der Waals surface area contributed by atoms with Crippen LogP contribution in [0.25, 0.3) is 0 Å². The number of alkyl halides is 12. The molecule has 0 amide bonds. The Morgan fingerprint density at radius 1 is 0.529 bits per heavy atom. The summed E-state index contributed by atoms with van der Waals surface area (Å²) in [5.74, 6) is 0. The molecule has 2 aromatic carbocycles. The van der Waals surface area contributed by atoms with Crippen LogP contribution in [0, 0.1) is 0 Å². The Bertz CT molecular complexity index is 997. The standard InChI is InChI=1S/C18H8F12O2Si.Li.H/c19-15(20,21)13(16(22,23)24)9-5-1-3-7-11(9)33(31-13)12-8-4-2-6-10(12)14(32-33,17(25,26)27)18(28,29)30;;/h1-8H;;/q;+1;-1. The summed E-state index contributed by atoms with van der Waals surface area (Å²) in [5.41, 5.74) is -13.8. The van der Waals surface area contributed by atoms with Gasteiger partial charge in [-0.2, -0.15) is 52.7 Å². The molecule has 0 radical (unpaired) electrons. The van der Waals surface area contributed by atoms with Crippen molar-refractivity contribution < 1.29 is 81.8 Å². The van der Waals surface area contributed by atoms with Crippen molar-refractivity contribution in [1.29, 1.82) is 0 Å². The van der Waals surface area contributed by atoms with Gasteiger partial charge in [0, 0.05) is 21.5 Å². The molecule has 182 valence electrons. The molecular weight excluding hydrogens is 511 g/mol. The minimum Gasteiger partial charge on any atom is -1.00 e. The van der Waals surface area contributed by atoms with E-state index in [0.29, 0.717) is 24.3 Å². The zero-order valence-electron chi connectivity index (χ0n) is 17.5. The van der Waals surface area contributed by atoms with Crippen molar-refractivity contribution in [1.82, 2.24) is 0 Å². The quantitative estimate of drug-likeness (QED) is 0.392. The molecule has 2 nitrogen and oxygen atoms in total. The molecule has 34 heavy (non-hydrogen) atoms. The summed E-state index contributed by atoms with van der Waals surface area (Å²) in [6.07, 6.45) is -25.2. The number of hydrogen-bond donors (Lipinski definition) is 0. The van der Waals surface area contributed by atoms with Gasteiger partial charge in [0.1, 0.15) is 0 Å². The third-order valence-corrected chi connectivity index (χ3v) is 8.99. The third kappa shape index (κ3) is 3.06. The average Bonchev–Trinajstić information content (AvgIpc) is 3.14. The molecule has 0 fully saturated rings. The molecule has 0 saturated carbocycles. The Hall–Kier alpha value is -1.67. The SMILES string of the molecule is FC(F)(F)C1(C(F)(F)F)O[Si]2(OC(C(F)(F)F)(C(F)(F)F)c3ccccc32)c2ccccc21.[H-].[Li+]. The summed E-state index contributed by atoms with van der Waals surface area (Å²) in [7, 11) is -5.90. The topological polar surface area (TPSA) is 18.5 Å². The van der Waals surface area contributed by atoms with Crippen LogP contribution in [-0.2, 0) is 20.1 Å². The molecule has 2 heterocycles. The van der Waals surface area contributed by atoms with Crippen molar-refractivity contribution in [2.24, 2.45) is 0 Å². The van der Waals surface area contributed by atoms with E-state index in [1.54, 1.807) is 0 Å². The Balaban J connectivity index is 0.00000216. The fourth-order valence-corrected chi connectivity index (χ4v) is 8.42. The maximum Gasteiger partial charge on any atom is 1.00 e. The van der Waals surface area contributed by atoms with Crippen molar-refractivity contribution in [3.8, 4) is 0 Å². The Morgan fingerprint density at radius 2 is 0.794 bits per heavy atom. The maximum absolute atomic E-state index is 13.9. The molecule has 0 aliphatic carbocycles. The van der Waals surface area contributed by atoms with E-state index in [1.165, 1.54) is 0 Å². The molecule has 0 N–H and O–H groups in total. The first-order chi connectivity index (χ1) is 14.9. The predicted molar refractivity (Wildman–Crippen MR) is 88.8 cm³/mol. The molecule has 16 heteroatoms. The third-order valence-electron chi connectivity index (χ3n) is 5.51. The van der Waals surface area contributed by atoms with Gasteiger partial charge in [-0.3, -0.25) is 0 Å². The van der Waals surface area contributed by atoms with E-state index < -0.39 is 66.0 Å². The normalized spacial score (nSPS) is 20.6. The van der Waals surface area contributed by atoms with Gasteiger partial charge in [-0.25, -0.2) is 0 Å². The van der Waals surface area contributed by atoms with Gasteiger partial charge in [0.15, 0.2) is 0 Å². The van der Waals surface area contributed by atoms with Crippen molar-refractivity contribution >= 4 is 18.9 Å². The van der Waals surface area contributed by atoms with Crippen LogP contribution in [0.1, 0.15) is 12.6 Å². The largest absolute Gasteiger partial charge is 1.00 e. The van der Waals surface area contributed by atoms with Crippen LogP contribution in [0.5, 0.6) is 0 Å². The molecule has 0 aromatic heterocycles. The summed E-state index contributed by atoms with van der Waals surface area (Å²) in [5, 5.41) is -2.30. The van der Waals surface area contributed by atoms with Gasteiger partial charge >= 0.3 is 52.1 Å². The average molecular weight is 520 g/mol. The van der Waals surface area contributed by atoms with Gasteiger partial charge in [0.05, 0.1) is 0 Å². The number of rotatable bonds is 0. The Labute approximate surface area is 196 Å². The fourth-order valence-electron chi connectivity index (χ4n) is 4.24. The molecule has 0 saturated heterocycles. The smallest absolute Gasteiger partial charge is 1.00 e. The van der Waals surface area contributed by atoms with E-state index in [1.807, 2.05) is 0 Å². The summed E-state index contributed by atoms with van der Waals surface area (Å²) in [6, 6.07) is 4.89. The Kier molecular flexibility index (Phi) is 5.88. The zero-order chi connectivity index (χ0) is 24.9. The number of hydrogen-bond acceptors (Lipinski definition) is 2. The Morgan fingerprint density at radius 3 is 1.06 bits per heavy atom. The predicted octanol–water partition coefficient (Wildman–Crippen LogP) is 2.06. The van der Waals surface area contributed by atoms with E-state index in [-0.39, 0.29) is 20.3 Å². The molecule has 0 bridgehead atoms. The van der Waals surface area contributed by atoms with E-state index in [0.717, 1.165) is 24.3 Å². The number of halogens is 12. The van der Waals surface area contributed by atoms with E-state index in [9.17, 15) is 52.7 Å². The molecule has 2 aliphatic rings. The van der Waals surface area contributed by atoms with Crippen LogP contribution in [-0.4, -0.2) is 33.3 Å². The van der Waals surface area contributed by atoms with E-state index >= 15 is 0 Å². The minimum absolute atomic E-state index is 0. The van der Waals surface area contributed by atoms with Crippen LogP contribution in [0.4, 0.5) is 52.7 Å². The molecular formula is C18H9F12LiO2Si. The molecule has 1 spiro atoms. The molecule has 4 rings (SSSR count). The second kappa shape index (κ2) is 7.42. The first kappa shape index (κ1) is 26.9. The first-order valence-electron chi connectivity index (χ1n) is 8.74. The van der Waals surface area contributed by atoms with Gasteiger partial charge < -0.3 is 10.3 Å². The van der Waals surface area contributed by atoms with E-state index in [4.69, 9.17) is 0 Å². The summed E-state index contributed by atoms with van der Waals surface area (Å²) in [6.45, 7) is 0. The summed E-state index contributed by atoms with van der Waals surface area (Å²) < 4.78 is 176. The monoisotopic (exact) mass is 520 g/mol. The van der Waals surface area contributed by atoms with Gasteiger partial charge in [0.25, 0.3) is 11.2 Å². The van der Waals surface area contributed by atoms with Crippen LogP contribution in [0.2, 0.25) is 0 Å². The van der Waals surface area contributed by atoms with Crippen LogP contribution in [0.3, 0.4) is 0 Å². The minimum atomic E-state index is -6.31. The van der Waals surface area contributed by atoms with Gasteiger partial charge in [0.2, 0.25) is 0 Å². The fraction of sp³-hybridized carbons (Fsp3) is 0.333. The number of benzene rings is 2. The summed E-state index contributed by atoms with van der Waals surface area (Å²) >= 11 is 0. The zero-order valence-corrected chi connectivity index (χ0v) is 17.5.